The molecule has 17 heavy (non-hydrogen) atoms. The van der Waals surface area contributed by atoms with Gasteiger partial charge in [0.2, 0.25) is 0 Å². The molecule has 98 valence electrons. The summed E-state index contributed by atoms with van der Waals surface area (Å²) in [6, 6.07) is 0.568. The van der Waals surface area contributed by atoms with E-state index in [2.05, 4.69) is 11.8 Å². The van der Waals surface area contributed by atoms with Crippen molar-refractivity contribution >= 4 is 5.97 Å². The SMILES string of the molecule is CCC1CCCCC1N1CCC(N)(C(=O)O)C1. The minimum Gasteiger partial charge on any atom is -0.480 e. The fourth-order valence-electron chi connectivity index (χ4n) is 3.47. The number of rotatable bonds is 3. The maximum atomic E-state index is 11.2. The lowest BCUT2D eigenvalue weighted by Crippen LogP contribution is -2.52. The third kappa shape index (κ3) is 2.47. The van der Waals surface area contributed by atoms with Crippen LogP contribution in [0, 0.1) is 5.92 Å². The van der Waals surface area contributed by atoms with Gasteiger partial charge in [-0.1, -0.05) is 26.2 Å². The predicted octanol–water partition coefficient (Wildman–Crippen LogP) is 1.44. The lowest BCUT2D eigenvalue weighted by Gasteiger charge is -2.38. The fourth-order valence-corrected chi connectivity index (χ4v) is 3.47. The number of hydrogen-bond donors (Lipinski definition) is 2. The molecule has 1 saturated carbocycles. The van der Waals surface area contributed by atoms with E-state index in [1.54, 1.807) is 0 Å². The zero-order valence-corrected chi connectivity index (χ0v) is 10.7. The van der Waals surface area contributed by atoms with E-state index < -0.39 is 11.5 Å². The molecule has 0 aromatic rings. The first-order valence-electron chi connectivity index (χ1n) is 6.83. The molecule has 3 atom stereocenters. The van der Waals surface area contributed by atoms with Crippen molar-refractivity contribution in [3.63, 3.8) is 0 Å². The van der Waals surface area contributed by atoms with Gasteiger partial charge in [0.05, 0.1) is 0 Å². The van der Waals surface area contributed by atoms with Crippen molar-refractivity contribution in [3.8, 4) is 0 Å². The second-order valence-corrected chi connectivity index (χ2v) is 5.70. The molecule has 0 aromatic heterocycles. The summed E-state index contributed by atoms with van der Waals surface area (Å²) in [5.74, 6) is -0.108. The third-order valence-electron chi connectivity index (χ3n) is 4.62. The lowest BCUT2D eigenvalue weighted by atomic mass is 9.82. The van der Waals surface area contributed by atoms with Gasteiger partial charge in [-0.2, -0.15) is 0 Å². The fraction of sp³-hybridized carbons (Fsp3) is 0.923. The van der Waals surface area contributed by atoms with Crippen LogP contribution in [0.15, 0.2) is 0 Å². The van der Waals surface area contributed by atoms with Crippen molar-refractivity contribution in [2.24, 2.45) is 11.7 Å². The Bertz CT molecular complexity index is 295. The topological polar surface area (TPSA) is 66.6 Å². The Hall–Kier alpha value is -0.610. The zero-order valence-electron chi connectivity index (χ0n) is 10.7. The van der Waals surface area contributed by atoms with Crippen molar-refractivity contribution in [3.05, 3.63) is 0 Å². The summed E-state index contributed by atoms with van der Waals surface area (Å²) in [6.07, 6.45) is 6.91. The summed E-state index contributed by atoms with van der Waals surface area (Å²) >= 11 is 0. The van der Waals surface area contributed by atoms with E-state index in [-0.39, 0.29) is 0 Å². The largest absolute Gasteiger partial charge is 0.480 e. The molecule has 1 aliphatic heterocycles. The smallest absolute Gasteiger partial charge is 0.325 e. The van der Waals surface area contributed by atoms with Crippen molar-refractivity contribution in [1.29, 1.82) is 0 Å². The zero-order chi connectivity index (χ0) is 12.5. The number of nitrogens with zero attached hydrogens (tertiary/aromatic N) is 1. The second kappa shape index (κ2) is 4.94. The van der Waals surface area contributed by atoms with Crippen LogP contribution in [-0.2, 0) is 4.79 Å². The standard InChI is InChI=1S/C13H24N2O2/c1-2-10-5-3-4-6-11(10)15-8-7-13(14,9-15)12(16)17/h10-11H,2-9,14H2,1H3,(H,16,17). The summed E-state index contributed by atoms with van der Waals surface area (Å²) in [6.45, 7) is 3.62. The van der Waals surface area contributed by atoms with E-state index in [0.29, 0.717) is 19.0 Å². The number of carboxylic acid groups (broad SMARTS) is 1. The maximum Gasteiger partial charge on any atom is 0.325 e. The molecule has 1 saturated heterocycles. The van der Waals surface area contributed by atoms with Gasteiger partial charge in [-0.15, -0.1) is 0 Å². The molecule has 0 spiro atoms. The van der Waals surface area contributed by atoms with Gasteiger partial charge in [-0.05, 0) is 25.2 Å². The molecule has 0 aromatic carbocycles. The number of carboxylic acids is 1. The molecule has 4 nitrogen and oxygen atoms in total. The summed E-state index contributed by atoms with van der Waals surface area (Å²) < 4.78 is 0. The predicted molar refractivity (Wildman–Crippen MR) is 66.8 cm³/mol. The van der Waals surface area contributed by atoms with Crippen molar-refractivity contribution in [1.82, 2.24) is 4.90 Å². The van der Waals surface area contributed by atoms with E-state index in [1.165, 1.54) is 32.1 Å². The van der Waals surface area contributed by atoms with Crippen LogP contribution in [0.4, 0.5) is 0 Å². The molecule has 0 radical (unpaired) electrons. The Labute approximate surface area is 103 Å². The van der Waals surface area contributed by atoms with E-state index in [1.807, 2.05) is 0 Å². The average Bonchev–Trinajstić information content (AvgIpc) is 2.73. The van der Waals surface area contributed by atoms with Crippen LogP contribution in [0.2, 0.25) is 0 Å². The van der Waals surface area contributed by atoms with Crippen LogP contribution in [0.25, 0.3) is 0 Å². The van der Waals surface area contributed by atoms with Crippen LogP contribution in [0.3, 0.4) is 0 Å². The van der Waals surface area contributed by atoms with Crippen molar-refractivity contribution in [2.45, 2.75) is 57.0 Å². The molecule has 3 unspecified atom stereocenters. The first-order chi connectivity index (χ1) is 8.07. The maximum absolute atomic E-state index is 11.2. The number of likely N-dealkylation sites (tertiary alicyclic amines) is 1. The van der Waals surface area contributed by atoms with E-state index >= 15 is 0 Å². The first-order valence-corrected chi connectivity index (χ1v) is 6.83. The average molecular weight is 240 g/mol. The summed E-state index contributed by atoms with van der Waals surface area (Å²) in [5, 5.41) is 9.16. The third-order valence-corrected chi connectivity index (χ3v) is 4.62. The minimum absolute atomic E-state index is 0.531. The number of hydrogen-bond acceptors (Lipinski definition) is 3. The van der Waals surface area contributed by atoms with Gasteiger partial charge in [-0.3, -0.25) is 9.69 Å². The highest BCUT2D eigenvalue weighted by Gasteiger charge is 2.44. The van der Waals surface area contributed by atoms with Gasteiger partial charge in [0, 0.05) is 19.1 Å². The quantitative estimate of drug-likeness (QED) is 0.783. The van der Waals surface area contributed by atoms with Crippen LogP contribution >= 0.6 is 0 Å². The van der Waals surface area contributed by atoms with E-state index in [4.69, 9.17) is 10.8 Å². The van der Waals surface area contributed by atoms with Gasteiger partial charge >= 0.3 is 5.97 Å². The molecule has 1 aliphatic carbocycles. The normalized spacial score (nSPS) is 39.4. The highest BCUT2D eigenvalue weighted by Crippen LogP contribution is 2.34. The minimum atomic E-state index is -1.00. The Morgan fingerprint density at radius 2 is 2.18 bits per heavy atom. The van der Waals surface area contributed by atoms with E-state index in [0.717, 1.165) is 12.5 Å². The molecule has 1 heterocycles. The lowest BCUT2D eigenvalue weighted by molar-refractivity contribution is -0.142. The Morgan fingerprint density at radius 1 is 1.47 bits per heavy atom. The number of nitrogens with two attached hydrogens (primary N) is 1. The Morgan fingerprint density at radius 3 is 2.76 bits per heavy atom. The van der Waals surface area contributed by atoms with Crippen LogP contribution in [0.1, 0.15) is 45.4 Å². The summed E-state index contributed by atoms with van der Waals surface area (Å²) in [7, 11) is 0. The molecular weight excluding hydrogens is 216 g/mol. The monoisotopic (exact) mass is 240 g/mol. The summed E-state index contributed by atoms with van der Waals surface area (Å²) in [5.41, 5.74) is 4.94. The van der Waals surface area contributed by atoms with Gasteiger partial charge in [-0.25, -0.2) is 0 Å². The van der Waals surface area contributed by atoms with Gasteiger partial charge in [0.15, 0.2) is 0 Å². The van der Waals surface area contributed by atoms with Crippen molar-refractivity contribution in [2.75, 3.05) is 13.1 Å². The summed E-state index contributed by atoms with van der Waals surface area (Å²) in [4.78, 5) is 13.5. The molecule has 0 bridgehead atoms. The molecule has 3 N–H and O–H groups in total. The van der Waals surface area contributed by atoms with Gasteiger partial charge in [0.1, 0.15) is 5.54 Å². The molecule has 4 heteroatoms. The number of aliphatic carboxylic acids is 1. The Kier molecular flexibility index (Phi) is 3.73. The van der Waals surface area contributed by atoms with E-state index in [9.17, 15) is 4.79 Å². The molecule has 2 fully saturated rings. The van der Waals surface area contributed by atoms with Crippen LogP contribution < -0.4 is 5.73 Å². The molecular formula is C13H24N2O2. The van der Waals surface area contributed by atoms with Gasteiger partial charge in [0.25, 0.3) is 0 Å². The van der Waals surface area contributed by atoms with Crippen molar-refractivity contribution < 1.29 is 9.90 Å². The first kappa shape index (κ1) is 12.8. The van der Waals surface area contributed by atoms with Crippen LogP contribution in [-0.4, -0.2) is 40.6 Å². The highest BCUT2D eigenvalue weighted by atomic mass is 16.4. The Balaban J connectivity index is 2.01. The molecule has 2 aliphatic rings. The van der Waals surface area contributed by atoms with Gasteiger partial charge < -0.3 is 10.8 Å². The highest BCUT2D eigenvalue weighted by molar-refractivity contribution is 5.79. The second-order valence-electron chi connectivity index (χ2n) is 5.70. The number of carbonyl (C=O) groups is 1. The van der Waals surface area contributed by atoms with Crippen LogP contribution in [0.5, 0.6) is 0 Å². The molecule has 2 rings (SSSR count). The molecule has 0 amide bonds.